The fourth-order valence-corrected chi connectivity index (χ4v) is 2.33. The highest BCUT2D eigenvalue weighted by atomic mass is 32.2. The molecule has 2 aromatic rings. The fourth-order valence-electron chi connectivity index (χ4n) is 1.51. The number of hydrogen-bond acceptors (Lipinski definition) is 6. The van der Waals surface area contributed by atoms with Gasteiger partial charge in [0, 0.05) is 5.69 Å². The van der Waals surface area contributed by atoms with Crippen LogP contribution in [0.25, 0.3) is 0 Å². The minimum Gasteiger partial charge on any atom is -0.336 e. The molecule has 1 aromatic carbocycles. The van der Waals surface area contributed by atoms with E-state index in [1.807, 2.05) is 6.07 Å². The number of anilines is 1. The first-order valence-corrected chi connectivity index (χ1v) is 7.04. The number of nitrogen functional groups attached to an aromatic ring is 1. The predicted molar refractivity (Wildman–Crippen MR) is 80.0 cm³/mol. The van der Waals surface area contributed by atoms with Gasteiger partial charge in [-0.1, -0.05) is 11.8 Å². The molecule has 8 heteroatoms. The average molecular weight is 302 g/mol. The highest BCUT2D eigenvalue weighted by Crippen LogP contribution is 2.21. The first kappa shape index (κ1) is 14.9. The maximum atomic E-state index is 12.1. The third-order valence-corrected chi connectivity index (χ3v) is 3.82. The van der Waals surface area contributed by atoms with E-state index in [1.165, 1.54) is 16.4 Å². The van der Waals surface area contributed by atoms with Gasteiger partial charge < -0.3 is 11.2 Å². The zero-order chi connectivity index (χ0) is 15.4. The zero-order valence-corrected chi connectivity index (χ0v) is 12.4. The van der Waals surface area contributed by atoms with E-state index in [1.54, 1.807) is 38.1 Å². The van der Waals surface area contributed by atoms with Crippen molar-refractivity contribution in [3.05, 3.63) is 35.7 Å². The lowest BCUT2D eigenvalue weighted by atomic mass is 10.2. The second-order valence-corrected chi connectivity index (χ2v) is 5.65. The first-order chi connectivity index (χ1) is 10.0. The van der Waals surface area contributed by atoms with Gasteiger partial charge in [-0.2, -0.15) is 5.26 Å². The molecule has 0 saturated carbocycles. The van der Waals surface area contributed by atoms with Crippen molar-refractivity contribution in [2.75, 3.05) is 11.2 Å². The van der Waals surface area contributed by atoms with Crippen molar-refractivity contribution < 1.29 is 4.79 Å². The molecule has 1 amide bonds. The summed E-state index contributed by atoms with van der Waals surface area (Å²) >= 11 is 1.23. The average Bonchev–Trinajstić information content (AvgIpc) is 2.80. The Morgan fingerprint density at radius 1 is 1.43 bits per heavy atom. The Balaban J connectivity index is 1.99. The molecule has 2 rings (SSSR count). The number of rotatable bonds is 4. The van der Waals surface area contributed by atoms with Crippen LogP contribution in [-0.4, -0.2) is 26.0 Å². The number of hydrogen-bond donors (Lipinski definition) is 2. The van der Waals surface area contributed by atoms with Crippen LogP contribution < -0.4 is 11.2 Å². The van der Waals surface area contributed by atoms with Gasteiger partial charge in [-0.05, 0) is 38.1 Å². The molecule has 3 N–H and O–H groups in total. The molecule has 0 bridgehead atoms. The van der Waals surface area contributed by atoms with E-state index in [-0.39, 0.29) is 11.2 Å². The number of nitrogens with two attached hydrogens (primary N) is 1. The van der Waals surface area contributed by atoms with Gasteiger partial charge in [-0.15, -0.1) is 10.2 Å². The first-order valence-electron chi connectivity index (χ1n) is 6.16. The highest BCUT2D eigenvalue weighted by molar-refractivity contribution is 8.00. The van der Waals surface area contributed by atoms with Crippen LogP contribution in [0.2, 0.25) is 0 Å². The van der Waals surface area contributed by atoms with Gasteiger partial charge in [0.25, 0.3) is 0 Å². The lowest BCUT2D eigenvalue weighted by Crippen LogP contribution is -2.23. The van der Waals surface area contributed by atoms with Crippen molar-refractivity contribution in [1.29, 1.82) is 5.26 Å². The molecule has 0 saturated heterocycles. The molecule has 0 radical (unpaired) electrons. The largest absolute Gasteiger partial charge is 0.336 e. The number of nitrogens with zero attached hydrogens (tertiary/aromatic N) is 4. The number of aromatic nitrogens is 3. The summed E-state index contributed by atoms with van der Waals surface area (Å²) in [5.41, 5.74) is 1.18. The zero-order valence-electron chi connectivity index (χ0n) is 11.6. The van der Waals surface area contributed by atoms with Crippen molar-refractivity contribution in [2.45, 2.75) is 24.3 Å². The summed E-state index contributed by atoms with van der Waals surface area (Å²) in [6, 6.07) is 8.68. The van der Waals surface area contributed by atoms with Crippen LogP contribution >= 0.6 is 11.8 Å². The van der Waals surface area contributed by atoms with Gasteiger partial charge in [0.2, 0.25) is 11.1 Å². The maximum absolute atomic E-state index is 12.1. The molecule has 0 fully saturated rings. The topological polar surface area (TPSA) is 110 Å². The number of nitriles is 1. The maximum Gasteiger partial charge on any atom is 0.237 e. The van der Waals surface area contributed by atoms with Crippen LogP contribution in [0.4, 0.5) is 5.69 Å². The van der Waals surface area contributed by atoms with Crippen LogP contribution in [0.15, 0.2) is 29.4 Å². The van der Waals surface area contributed by atoms with Gasteiger partial charge in [0.1, 0.15) is 5.82 Å². The van der Waals surface area contributed by atoms with Gasteiger partial charge in [-0.25, -0.2) is 4.68 Å². The number of amides is 1. The molecule has 21 heavy (non-hydrogen) atoms. The molecular formula is C13H14N6OS. The van der Waals surface area contributed by atoms with Gasteiger partial charge in [0.05, 0.1) is 16.9 Å². The Morgan fingerprint density at radius 3 is 2.62 bits per heavy atom. The predicted octanol–water partition coefficient (Wildman–Crippen LogP) is 1.29. The second kappa shape index (κ2) is 6.28. The molecule has 0 unspecified atom stereocenters. The molecule has 0 aliphatic rings. The molecule has 1 heterocycles. The van der Waals surface area contributed by atoms with Crippen molar-refractivity contribution in [3.8, 4) is 6.07 Å². The van der Waals surface area contributed by atoms with E-state index < -0.39 is 0 Å². The fraction of sp³-hybridized carbons (Fsp3) is 0.231. The number of benzene rings is 1. The molecule has 0 aliphatic carbocycles. The standard InChI is InChI=1S/C13H14N6OS/c1-8(21-13-18-17-9(2)19(13)15)12(20)16-11-5-3-10(7-14)4-6-11/h3-6,8H,15H2,1-2H3,(H,16,20)/t8-/m0/s1. The normalized spacial score (nSPS) is 11.7. The number of thioether (sulfide) groups is 1. The van der Waals surface area contributed by atoms with Crippen molar-refractivity contribution in [1.82, 2.24) is 14.9 Å². The molecule has 1 aromatic heterocycles. The summed E-state index contributed by atoms with van der Waals surface area (Å²) in [5, 5.41) is 19.3. The Kier molecular flexibility index (Phi) is 4.45. The number of carbonyl (C=O) groups excluding carboxylic acids is 1. The van der Waals surface area contributed by atoms with Crippen LogP contribution in [0, 0.1) is 18.3 Å². The smallest absolute Gasteiger partial charge is 0.237 e. The van der Waals surface area contributed by atoms with Crippen molar-refractivity contribution in [3.63, 3.8) is 0 Å². The molecule has 108 valence electrons. The Hall–Kier alpha value is -2.53. The van der Waals surface area contributed by atoms with Crippen LogP contribution in [-0.2, 0) is 4.79 Å². The molecule has 7 nitrogen and oxygen atoms in total. The van der Waals surface area contributed by atoms with E-state index in [0.717, 1.165) is 0 Å². The summed E-state index contributed by atoms with van der Waals surface area (Å²) in [7, 11) is 0. The Labute approximate surface area is 126 Å². The van der Waals surface area contributed by atoms with Crippen molar-refractivity contribution >= 4 is 23.4 Å². The molecule has 0 spiro atoms. The minimum absolute atomic E-state index is 0.176. The van der Waals surface area contributed by atoms with E-state index in [0.29, 0.717) is 22.2 Å². The summed E-state index contributed by atoms with van der Waals surface area (Å²) in [4.78, 5) is 12.1. The minimum atomic E-state index is -0.383. The van der Waals surface area contributed by atoms with Crippen LogP contribution in [0.3, 0.4) is 0 Å². The number of aryl methyl sites for hydroxylation is 1. The Bertz CT molecular complexity index is 688. The summed E-state index contributed by atoms with van der Waals surface area (Å²) < 4.78 is 1.34. The van der Waals surface area contributed by atoms with Crippen LogP contribution in [0.5, 0.6) is 0 Å². The monoisotopic (exact) mass is 302 g/mol. The quantitative estimate of drug-likeness (QED) is 0.650. The van der Waals surface area contributed by atoms with E-state index in [4.69, 9.17) is 11.1 Å². The summed E-state index contributed by atoms with van der Waals surface area (Å²) in [6.07, 6.45) is 0. The third-order valence-electron chi connectivity index (χ3n) is 2.77. The van der Waals surface area contributed by atoms with Gasteiger partial charge in [-0.3, -0.25) is 4.79 Å². The lowest BCUT2D eigenvalue weighted by molar-refractivity contribution is -0.115. The highest BCUT2D eigenvalue weighted by Gasteiger charge is 2.18. The van der Waals surface area contributed by atoms with E-state index in [9.17, 15) is 4.79 Å². The van der Waals surface area contributed by atoms with E-state index >= 15 is 0 Å². The second-order valence-electron chi connectivity index (χ2n) is 4.34. The summed E-state index contributed by atoms with van der Waals surface area (Å²) in [6.45, 7) is 3.49. The number of carbonyl (C=O) groups is 1. The SMILES string of the molecule is Cc1nnc(S[C@@H](C)C(=O)Nc2ccc(C#N)cc2)n1N. The van der Waals surface area contributed by atoms with Gasteiger partial charge >= 0.3 is 0 Å². The molecular weight excluding hydrogens is 288 g/mol. The summed E-state index contributed by atoms with van der Waals surface area (Å²) in [5.74, 6) is 6.15. The van der Waals surface area contributed by atoms with Crippen molar-refractivity contribution in [2.24, 2.45) is 0 Å². The lowest BCUT2D eigenvalue weighted by Gasteiger charge is -2.11. The number of nitrogens with one attached hydrogen (secondary N) is 1. The molecule has 0 aliphatic heterocycles. The van der Waals surface area contributed by atoms with E-state index in [2.05, 4.69) is 15.5 Å². The Morgan fingerprint density at radius 2 is 2.10 bits per heavy atom. The third kappa shape index (κ3) is 3.52. The molecule has 1 atom stereocenters. The van der Waals surface area contributed by atoms with Crippen LogP contribution in [0.1, 0.15) is 18.3 Å². The van der Waals surface area contributed by atoms with Gasteiger partial charge in [0.15, 0.2) is 0 Å².